The second-order valence-electron chi connectivity index (χ2n) is 6.54. The molecule has 0 aliphatic rings. The van der Waals surface area contributed by atoms with E-state index in [1.807, 2.05) is 31.2 Å². The molecule has 0 spiro atoms. The van der Waals surface area contributed by atoms with E-state index >= 15 is 0 Å². The zero-order valence-corrected chi connectivity index (χ0v) is 21.1. The van der Waals surface area contributed by atoms with Crippen LogP contribution in [0, 0.1) is 0 Å². The molecule has 2 aromatic carbocycles. The predicted molar refractivity (Wildman–Crippen MR) is 135 cm³/mol. The van der Waals surface area contributed by atoms with Crippen LogP contribution in [0.1, 0.15) is 23.6 Å². The van der Waals surface area contributed by atoms with Crippen molar-refractivity contribution in [2.24, 2.45) is 4.99 Å². The molecule has 0 aliphatic heterocycles. The van der Waals surface area contributed by atoms with Crippen LogP contribution in [0.25, 0.3) is 0 Å². The SMILES string of the molecule is CCOCCOCc1cccc(CNC(=NC)NCc2ccc(OC)c(OC)c2)c1.I. The summed E-state index contributed by atoms with van der Waals surface area (Å²) >= 11 is 0. The Bertz CT molecular complexity index is 802. The summed E-state index contributed by atoms with van der Waals surface area (Å²) in [6, 6.07) is 14.2. The van der Waals surface area contributed by atoms with Crippen molar-refractivity contribution < 1.29 is 18.9 Å². The van der Waals surface area contributed by atoms with Gasteiger partial charge in [-0.2, -0.15) is 0 Å². The Labute approximate surface area is 202 Å². The predicted octanol–water partition coefficient (Wildman–Crippen LogP) is 3.74. The molecule has 0 unspecified atom stereocenters. The van der Waals surface area contributed by atoms with Crippen LogP contribution in [0.5, 0.6) is 11.5 Å². The number of methoxy groups -OCH3 is 2. The summed E-state index contributed by atoms with van der Waals surface area (Å²) in [5.41, 5.74) is 3.37. The Morgan fingerprint density at radius 1 is 0.839 bits per heavy atom. The molecular weight excluding hydrogens is 509 g/mol. The molecule has 0 aliphatic carbocycles. The standard InChI is InChI=1S/C23H33N3O4.HI/c1-5-29-11-12-30-17-20-8-6-7-18(13-20)15-25-23(24-2)26-16-19-9-10-21(27-3)22(14-19)28-4;/h6-10,13-14H,5,11-12,15-17H2,1-4H3,(H2,24,25,26);1H. The minimum atomic E-state index is 0. The van der Waals surface area contributed by atoms with Crippen molar-refractivity contribution in [2.75, 3.05) is 41.1 Å². The maximum Gasteiger partial charge on any atom is 0.191 e. The van der Waals surface area contributed by atoms with E-state index in [2.05, 4.69) is 33.8 Å². The Balaban J connectivity index is 0.00000480. The van der Waals surface area contributed by atoms with Crippen LogP contribution >= 0.6 is 24.0 Å². The Hall–Kier alpha value is -2.04. The molecule has 0 aromatic heterocycles. The van der Waals surface area contributed by atoms with Crippen molar-refractivity contribution in [2.45, 2.75) is 26.6 Å². The third kappa shape index (κ3) is 9.75. The molecule has 2 rings (SSSR count). The van der Waals surface area contributed by atoms with E-state index in [0.717, 1.165) is 22.6 Å². The van der Waals surface area contributed by atoms with Gasteiger partial charge in [0.05, 0.1) is 34.0 Å². The lowest BCUT2D eigenvalue weighted by atomic mass is 10.1. The van der Waals surface area contributed by atoms with Gasteiger partial charge in [-0.1, -0.05) is 30.3 Å². The second-order valence-corrected chi connectivity index (χ2v) is 6.54. The zero-order chi connectivity index (χ0) is 21.6. The number of rotatable bonds is 12. The molecule has 0 saturated carbocycles. The first kappa shape index (κ1) is 27.0. The van der Waals surface area contributed by atoms with E-state index < -0.39 is 0 Å². The number of aliphatic imine (C=N–C) groups is 1. The van der Waals surface area contributed by atoms with Crippen LogP contribution < -0.4 is 20.1 Å². The van der Waals surface area contributed by atoms with Crippen LogP contribution in [0.15, 0.2) is 47.5 Å². The Kier molecular flexibility index (Phi) is 13.7. The first-order valence-corrected chi connectivity index (χ1v) is 10.1. The van der Waals surface area contributed by atoms with Crippen molar-refractivity contribution in [1.29, 1.82) is 0 Å². The Morgan fingerprint density at radius 2 is 1.48 bits per heavy atom. The van der Waals surface area contributed by atoms with E-state index in [-0.39, 0.29) is 24.0 Å². The summed E-state index contributed by atoms with van der Waals surface area (Å²) in [7, 11) is 5.02. The maximum atomic E-state index is 5.65. The molecule has 0 bridgehead atoms. The zero-order valence-electron chi connectivity index (χ0n) is 18.8. The largest absolute Gasteiger partial charge is 0.493 e. The monoisotopic (exact) mass is 543 g/mol. The molecule has 0 saturated heterocycles. The first-order chi connectivity index (χ1) is 14.7. The molecular formula is C23H34IN3O4. The lowest BCUT2D eigenvalue weighted by Gasteiger charge is -2.14. The molecule has 2 N–H and O–H groups in total. The van der Waals surface area contributed by atoms with Gasteiger partial charge in [-0.05, 0) is 35.7 Å². The third-order valence-electron chi connectivity index (χ3n) is 4.43. The number of hydrogen-bond acceptors (Lipinski definition) is 5. The molecule has 7 nitrogen and oxygen atoms in total. The van der Waals surface area contributed by atoms with Gasteiger partial charge < -0.3 is 29.6 Å². The first-order valence-electron chi connectivity index (χ1n) is 10.1. The highest BCUT2D eigenvalue weighted by Crippen LogP contribution is 2.27. The van der Waals surface area contributed by atoms with Crippen LogP contribution in [0.4, 0.5) is 0 Å². The summed E-state index contributed by atoms with van der Waals surface area (Å²) in [6.07, 6.45) is 0. The van der Waals surface area contributed by atoms with Gasteiger partial charge in [0.25, 0.3) is 0 Å². The molecule has 8 heteroatoms. The molecule has 0 atom stereocenters. The van der Waals surface area contributed by atoms with E-state index in [0.29, 0.717) is 51.0 Å². The minimum Gasteiger partial charge on any atom is -0.493 e. The molecule has 31 heavy (non-hydrogen) atoms. The minimum absolute atomic E-state index is 0. The summed E-state index contributed by atoms with van der Waals surface area (Å²) < 4.78 is 21.6. The van der Waals surface area contributed by atoms with Crippen molar-refractivity contribution in [3.05, 3.63) is 59.2 Å². The van der Waals surface area contributed by atoms with E-state index in [1.54, 1.807) is 21.3 Å². The highest BCUT2D eigenvalue weighted by atomic mass is 127. The van der Waals surface area contributed by atoms with Gasteiger partial charge in [0.2, 0.25) is 0 Å². The quantitative estimate of drug-likeness (QED) is 0.184. The fourth-order valence-electron chi connectivity index (χ4n) is 2.86. The number of ether oxygens (including phenoxy) is 4. The molecule has 0 fully saturated rings. The molecule has 172 valence electrons. The van der Waals surface area contributed by atoms with Crippen molar-refractivity contribution in [1.82, 2.24) is 10.6 Å². The average molecular weight is 543 g/mol. The van der Waals surface area contributed by atoms with Crippen molar-refractivity contribution >= 4 is 29.9 Å². The van der Waals surface area contributed by atoms with E-state index in [4.69, 9.17) is 18.9 Å². The molecule has 0 heterocycles. The lowest BCUT2D eigenvalue weighted by molar-refractivity contribution is 0.0453. The third-order valence-corrected chi connectivity index (χ3v) is 4.43. The van der Waals surface area contributed by atoms with Gasteiger partial charge in [-0.15, -0.1) is 24.0 Å². The number of guanidine groups is 1. The normalized spacial score (nSPS) is 10.9. The summed E-state index contributed by atoms with van der Waals surface area (Å²) in [6.45, 7) is 5.78. The molecule has 0 amide bonds. The second kappa shape index (κ2) is 15.7. The van der Waals surface area contributed by atoms with Gasteiger partial charge in [0.1, 0.15) is 0 Å². The van der Waals surface area contributed by atoms with Crippen LogP contribution in [-0.4, -0.2) is 47.0 Å². The molecule has 0 radical (unpaired) electrons. The Morgan fingerprint density at radius 3 is 2.13 bits per heavy atom. The van der Waals surface area contributed by atoms with E-state index in [9.17, 15) is 0 Å². The van der Waals surface area contributed by atoms with Gasteiger partial charge in [0.15, 0.2) is 17.5 Å². The fraction of sp³-hybridized carbons (Fsp3) is 0.435. The van der Waals surface area contributed by atoms with Gasteiger partial charge in [-0.3, -0.25) is 4.99 Å². The van der Waals surface area contributed by atoms with Gasteiger partial charge in [0, 0.05) is 26.7 Å². The van der Waals surface area contributed by atoms with Crippen LogP contribution in [0.2, 0.25) is 0 Å². The number of benzene rings is 2. The fourth-order valence-corrected chi connectivity index (χ4v) is 2.86. The van der Waals surface area contributed by atoms with Crippen LogP contribution in [0.3, 0.4) is 0 Å². The summed E-state index contributed by atoms with van der Waals surface area (Å²) in [5, 5.41) is 6.66. The van der Waals surface area contributed by atoms with Crippen molar-refractivity contribution in [3.63, 3.8) is 0 Å². The van der Waals surface area contributed by atoms with Gasteiger partial charge >= 0.3 is 0 Å². The topological polar surface area (TPSA) is 73.3 Å². The van der Waals surface area contributed by atoms with Crippen LogP contribution in [-0.2, 0) is 29.2 Å². The number of halogens is 1. The smallest absolute Gasteiger partial charge is 0.191 e. The summed E-state index contributed by atoms with van der Waals surface area (Å²) in [5.74, 6) is 2.15. The maximum absolute atomic E-state index is 5.65. The number of hydrogen-bond donors (Lipinski definition) is 2. The van der Waals surface area contributed by atoms with Crippen molar-refractivity contribution in [3.8, 4) is 11.5 Å². The number of nitrogens with zero attached hydrogens (tertiary/aromatic N) is 1. The number of nitrogens with one attached hydrogen (secondary N) is 2. The van der Waals surface area contributed by atoms with Gasteiger partial charge in [-0.25, -0.2) is 0 Å². The highest BCUT2D eigenvalue weighted by Gasteiger charge is 2.06. The van der Waals surface area contributed by atoms with E-state index in [1.165, 1.54) is 0 Å². The molecule has 2 aromatic rings. The average Bonchev–Trinajstić information content (AvgIpc) is 2.79. The highest BCUT2D eigenvalue weighted by molar-refractivity contribution is 14.0. The lowest BCUT2D eigenvalue weighted by Crippen LogP contribution is -2.36. The summed E-state index contributed by atoms with van der Waals surface area (Å²) in [4.78, 5) is 4.29.